The topological polar surface area (TPSA) is 42.9 Å². The summed E-state index contributed by atoms with van der Waals surface area (Å²) >= 11 is 0. The Morgan fingerprint density at radius 2 is 1.81 bits per heavy atom. The van der Waals surface area contributed by atoms with Crippen molar-refractivity contribution >= 4 is 5.96 Å². The fraction of sp³-hybridized carbons (Fsp3) is 0.682. The number of guanidine groups is 1. The van der Waals surface area contributed by atoms with Crippen molar-refractivity contribution in [3.63, 3.8) is 0 Å². The first kappa shape index (κ1) is 21.7. The van der Waals surface area contributed by atoms with E-state index in [1.807, 2.05) is 0 Å². The Kier molecular flexibility index (Phi) is 10.2. The van der Waals surface area contributed by atoms with Crippen LogP contribution in [0.2, 0.25) is 0 Å². The van der Waals surface area contributed by atoms with Gasteiger partial charge in [-0.15, -0.1) is 0 Å². The number of benzene rings is 1. The van der Waals surface area contributed by atoms with Gasteiger partial charge in [0.1, 0.15) is 0 Å². The van der Waals surface area contributed by atoms with Gasteiger partial charge in [-0.1, -0.05) is 44.2 Å². The summed E-state index contributed by atoms with van der Waals surface area (Å²) in [4.78, 5) is 9.80. The van der Waals surface area contributed by atoms with Gasteiger partial charge in [-0.2, -0.15) is 0 Å². The van der Waals surface area contributed by atoms with Crippen molar-refractivity contribution in [2.24, 2.45) is 4.99 Å². The quantitative estimate of drug-likeness (QED) is 0.376. The van der Waals surface area contributed by atoms with E-state index in [0.717, 1.165) is 64.7 Å². The monoisotopic (exact) mass is 373 g/mol. The standard InChI is InChI=1S/C22H39N5/c1-4-23-22(24-15-10-16-26(5-2)6-3)25-21-13-17-27(18-14-21)19-20-11-8-7-9-12-20/h7-9,11-12,21H,4-6,10,13-19H2,1-3H3,(H2,23,24,25). The Labute approximate surface area is 166 Å². The molecule has 1 heterocycles. The summed E-state index contributed by atoms with van der Waals surface area (Å²) < 4.78 is 0. The van der Waals surface area contributed by atoms with Gasteiger partial charge in [0.05, 0.1) is 0 Å². The first-order chi connectivity index (χ1) is 13.2. The molecule has 0 aliphatic carbocycles. The molecule has 1 aromatic carbocycles. The molecule has 0 unspecified atom stereocenters. The maximum atomic E-state index is 4.79. The van der Waals surface area contributed by atoms with Gasteiger partial charge in [0.15, 0.2) is 5.96 Å². The first-order valence-electron chi connectivity index (χ1n) is 10.8. The number of rotatable bonds is 10. The summed E-state index contributed by atoms with van der Waals surface area (Å²) in [6.07, 6.45) is 3.47. The number of aliphatic imine (C=N–C) groups is 1. The van der Waals surface area contributed by atoms with E-state index in [1.165, 1.54) is 18.4 Å². The lowest BCUT2D eigenvalue weighted by Crippen LogP contribution is -2.48. The molecule has 0 spiro atoms. The van der Waals surface area contributed by atoms with E-state index < -0.39 is 0 Å². The predicted octanol–water partition coefficient (Wildman–Crippen LogP) is 2.94. The van der Waals surface area contributed by atoms with Crippen molar-refractivity contribution < 1.29 is 0 Å². The highest BCUT2D eigenvalue weighted by Gasteiger charge is 2.19. The predicted molar refractivity (Wildman–Crippen MR) is 116 cm³/mol. The maximum absolute atomic E-state index is 4.79. The normalized spacial score (nSPS) is 16.7. The highest BCUT2D eigenvalue weighted by molar-refractivity contribution is 5.80. The van der Waals surface area contributed by atoms with Gasteiger partial charge in [0, 0.05) is 38.8 Å². The summed E-state index contributed by atoms with van der Waals surface area (Å²) in [5.41, 5.74) is 1.41. The second-order valence-electron chi connectivity index (χ2n) is 7.32. The molecule has 0 atom stereocenters. The molecular weight excluding hydrogens is 334 g/mol. The van der Waals surface area contributed by atoms with E-state index in [4.69, 9.17) is 4.99 Å². The summed E-state index contributed by atoms with van der Waals surface area (Å²) in [6, 6.07) is 11.3. The Hall–Kier alpha value is -1.59. The van der Waals surface area contributed by atoms with E-state index >= 15 is 0 Å². The van der Waals surface area contributed by atoms with Crippen LogP contribution in [0.4, 0.5) is 0 Å². The zero-order chi connectivity index (χ0) is 19.3. The lowest BCUT2D eigenvalue weighted by Gasteiger charge is -2.33. The van der Waals surface area contributed by atoms with E-state index in [9.17, 15) is 0 Å². The minimum atomic E-state index is 0.526. The van der Waals surface area contributed by atoms with Crippen LogP contribution in [0.5, 0.6) is 0 Å². The number of piperidine rings is 1. The minimum absolute atomic E-state index is 0.526. The molecule has 5 nitrogen and oxygen atoms in total. The van der Waals surface area contributed by atoms with Crippen molar-refractivity contribution in [2.75, 3.05) is 45.8 Å². The maximum Gasteiger partial charge on any atom is 0.191 e. The molecule has 152 valence electrons. The zero-order valence-electron chi connectivity index (χ0n) is 17.6. The first-order valence-corrected chi connectivity index (χ1v) is 10.8. The SMILES string of the molecule is CCNC(=NCCCN(CC)CC)NC1CCN(Cc2ccccc2)CC1. The molecule has 1 aliphatic heterocycles. The van der Waals surface area contributed by atoms with Crippen molar-refractivity contribution in [2.45, 2.75) is 52.6 Å². The van der Waals surface area contributed by atoms with Crippen molar-refractivity contribution in [3.05, 3.63) is 35.9 Å². The van der Waals surface area contributed by atoms with Crippen LogP contribution < -0.4 is 10.6 Å². The van der Waals surface area contributed by atoms with Gasteiger partial charge in [-0.25, -0.2) is 0 Å². The average Bonchev–Trinajstić information content (AvgIpc) is 2.70. The van der Waals surface area contributed by atoms with Gasteiger partial charge in [0.2, 0.25) is 0 Å². The Bertz CT molecular complexity index is 519. The van der Waals surface area contributed by atoms with Gasteiger partial charge in [-0.05, 0) is 51.4 Å². The molecule has 0 bridgehead atoms. The van der Waals surface area contributed by atoms with Crippen molar-refractivity contribution in [1.82, 2.24) is 20.4 Å². The lowest BCUT2D eigenvalue weighted by atomic mass is 10.0. The molecule has 1 fully saturated rings. The average molecular weight is 374 g/mol. The number of nitrogens with zero attached hydrogens (tertiary/aromatic N) is 3. The smallest absolute Gasteiger partial charge is 0.191 e. The van der Waals surface area contributed by atoms with E-state index in [2.05, 4.69) is 71.5 Å². The number of nitrogens with one attached hydrogen (secondary N) is 2. The molecule has 1 saturated heterocycles. The van der Waals surface area contributed by atoms with Crippen LogP contribution in [-0.4, -0.2) is 67.6 Å². The highest BCUT2D eigenvalue weighted by atomic mass is 15.2. The third-order valence-corrected chi connectivity index (χ3v) is 5.32. The molecule has 1 aliphatic rings. The molecule has 2 N–H and O–H groups in total. The molecule has 0 amide bonds. The summed E-state index contributed by atoms with van der Waals surface area (Å²) in [6.45, 7) is 15.1. The van der Waals surface area contributed by atoms with Crippen LogP contribution in [0.1, 0.15) is 45.6 Å². The van der Waals surface area contributed by atoms with Crippen LogP contribution in [0.15, 0.2) is 35.3 Å². The van der Waals surface area contributed by atoms with Crippen LogP contribution in [0, 0.1) is 0 Å². The van der Waals surface area contributed by atoms with Crippen LogP contribution >= 0.6 is 0 Å². The molecule has 1 aromatic rings. The second kappa shape index (κ2) is 12.7. The number of hydrogen-bond donors (Lipinski definition) is 2. The number of hydrogen-bond acceptors (Lipinski definition) is 3. The van der Waals surface area contributed by atoms with Gasteiger partial charge >= 0.3 is 0 Å². The Morgan fingerprint density at radius 1 is 1.11 bits per heavy atom. The third kappa shape index (κ3) is 8.31. The Balaban J connectivity index is 1.72. The molecule has 5 heteroatoms. The van der Waals surface area contributed by atoms with Gasteiger partial charge < -0.3 is 15.5 Å². The van der Waals surface area contributed by atoms with Crippen molar-refractivity contribution in [1.29, 1.82) is 0 Å². The van der Waals surface area contributed by atoms with Crippen molar-refractivity contribution in [3.8, 4) is 0 Å². The fourth-order valence-electron chi connectivity index (χ4n) is 3.62. The summed E-state index contributed by atoms with van der Waals surface area (Å²) in [7, 11) is 0. The van der Waals surface area contributed by atoms with Gasteiger partial charge in [-0.3, -0.25) is 9.89 Å². The zero-order valence-corrected chi connectivity index (χ0v) is 17.6. The highest BCUT2D eigenvalue weighted by Crippen LogP contribution is 2.13. The fourth-order valence-corrected chi connectivity index (χ4v) is 3.62. The molecule has 2 rings (SSSR count). The summed E-state index contributed by atoms with van der Waals surface area (Å²) in [5.74, 6) is 0.985. The largest absolute Gasteiger partial charge is 0.357 e. The minimum Gasteiger partial charge on any atom is -0.357 e. The molecule has 0 saturated carbocycles. The van der Waals surface area contributed by atoms with Crippen LogP contribution in [0.3, 0.4) is 0 Å². The van der Waals surface area contributed by atoms with E-state index in [-0.39, 0.29) is 0 Å². The Morgan fingerprint density at radius 3 is 2.44 bits per heavy atom. The third-order valence-electron chi connectivity index (χ3n) is 5.32. The molecule has 0 radical (unpaired) electrons. The second-order valence-corrected chi connectivity index (χ2v) is 7.32. The molecular formula is C22H39N5. The van der Waals surface area contributed by atoms with Crippen LogP contribution in [-0.2, 0) is 6.54 Å². The van der Waals surface area contributed by atoms with Gasteiger partial charge in [0.25, 0.3) is 0 Å². The van der Waals surface area contributed by atoms with Crippen LogP contribution in [0.25, 0.3) is 0 Å². The van der Waals surface area contributed by atoms with E-state index in [1.54, 1.807) is 0 Å². The molecule has 27 heavy (non-hydrogen) atoms. The molecule has 0 aromatic heterocycles. The lowest BCUT2D eigenvalue weighted by molar-refractivity contribution is 0.198. The number of likely N-dealkylation sites (tertiary alicyclic amines) is 1. The van der Waals surface area contributed by atoms with E-state index in [0.29, 0.717) is 6.04 Å². The summed E-state index contributed by atoms with van der Waals surface area (Å²) in [5, 5.41) is 7.06.